The lowest BCUT2D eigenvalue weighted by Crippen LogP contribution is -2.09. The molecule has 4 rings (SSSR count). The van der Waals surface area contributed by atoms with Crippen LogP contribution in [0.4, 0.5) is 0 Å². The molecule has 0 aliphatic carbocycles. The van der Waals surface area contributed by atoms with Gasteiger partial charge in [-0.15, -0.1) is 0 Å². The van der Waals surface area contributed by atoms with E-state index < -0.39 is 0 Å². The number of nitrogens with zero attached hydrogens (tertiary/aromatic N) is 2. The summed E-state index contributed by atoms with van der Waals surface area (Å²) in [5, 5.41) is 0. The first-order chi connectivity index (χ1) is 14.2. The van der Waals surface area contributed by atoms with E-state index in [9.17, 15) is 0 Å². The predicted molar refractivity (Wildman–Crippen MR) is 120 cm³/mol. The van der Waals surface area contributed by atoms with Crippen LogP contribution in [0.1, 0.15) is 35.9 Å². The van der Waals surface area contributed by atoms with E-state index >= 15 is 0 Å². The third kappa shape index (κ3) is 4.51. The maximum absolute atomic E-state index is 5.96. The fourth-order valence-corrected chi connectivity index (χ4v) is 3.72. The molecule has 0 fully saturated rings. The summed E-state index contributed by atoms with van der Waals surface area (Å²) >= 11 is 0. The van der Waals surface area contributed by atoms with Gasteiger partial charge in [-0.25, -0.2) is 4.98 Å². The number of para-hydroxylation sites is 2. The van der Waals surface area contributed by atoms with Gasteiger partial charge in [-0.2, -0.15) is 0 Å². The number of aryl methyl sites for hydroxylation is 3. The van der Waals surface area contributed by atoms with Gasteiger partial charge in [-0.3, -0.25) is 0 Å². The first-order valence-electron chi connectivity index (χ1n) is 10.4. The van der Waals surface area contributed by atoms with E-state index in [1.54, 1.807) is 0 Å². The zero-order valence-electron chi connectivity index (χ0n) is 17.3. The van der Waals surface area contributed by atoms with Gasteiger partial charge in [0.25, 0.3) is 0 Å². The van der Waals surface area contributed by atoms with Gasteiger partial charge in [0.1, 0.15) is 11.6 Å². The lowest BCUT2D eigenvalue weighted by molar-refractivity contribution is 0.302. The van der Waals surface area contributed by atoms with E-state index in [4.69, 9.17) is 9.72 Å². The number of fused-ring (bicyclic) bond motifs is 1. The molecule has 4 aromatic rings. The minimum absolute atomic E-state index is 0.696. The third-order valence-corrected chi connectivity index (χ3v) is 5.47. The lowest BCUT2D eigenvalue weighted by Gasteiger charge is -2.12. The molecule has 3 aromatic carbocycles. The van der Waals surface area contributed by atoms with Crippen LogP contribution in [-0.2, 0) is 19.4 Å². The molecule has 0 atom stereocenters. The van der Waals surface area contributed by atoms with Gasteiger partial charge in [0.2, 0.25) is 0 Å². The Labute approximate surface area is 173 Å². The smallest absolute Gasteiger partial charge is 0.119 e. The Kier molecular flexibility index (Phi) is 5.95. The highest BCUT2D eigenvalue weighted by atomic mass is 16.5. The van der Waals surface area contributed by atoms with Crippen molar-refractivity contribution in [3.8, 4) is 5.75 Å². The minimum atomic E-state index is 0.696. The molecule has 29 heavy (non-hydrogen) atoms. The number of ether oxygens (including phenoxy) is 1. The van der Waals surface area contributed by atoms with Crippen molar-refractivity contribution < 1.29 is 4.74 Å². The van der Waals surface area contributed by atoms with Gasteiger partial charge in [0, 0.05) is 13.0 Å². The number of hydrogen-bond donors (Lipinski definition) is 0. The standard InChI is InChI=1S/C26H28N2O/c1-3-21-13-15-23(16-14-21)29-18-8-17-28-25-12-7-6-11-24(25)27-26(28)19-22-10-5-4-9-20(22)2/h4-7,9-16H,3,8,17-19H2,1-2H3. The molecule has 0 spiro atoms. The molecule has 0 bridgehead atoms. The second-order valence-electron chi connectivity index (χ2n) is 7.47. The van der Waals surface area contributed by atoms with Crippen LogP contribution in [0.2, 0.25) is 0 Å². The third-order valence-electron chi connectivity index (χ3n) is 5.47. The summed E-state index contributed by atoms with van der Waals surface area (Å²) in [6.45, 7) is 5.93. The van der Waals surface area contributed by atoms with E-state index in [2.05, 4.69) is 91.2 Å². The summed E-state index contributed by atoms with van der Waals surface area (Å²) in [5.41, 5.74) is 6.24. The Balaban J connectivity index is 1.47. The van der Waals surface area contributed by atoms with E-state index in [1.165, 1.54) is 22.2 Å². The molecule has 0 aliphatic rings. The van der Waals surface area contributed by atoms with Crippen LogP contribution in [0.5, 0.6) is 5.75 Å². The quantitative estimate of drug-likeness (QED) is 0.350. The van der Waals surface area contributed by atoms with Crippen LogP contribution < -0.4 is 4.74 Å². The molecule has 148 valence electrons. The maximum atomic E-state index is 5.96. The Hall–Kier alpha value is -3.07. The first kappa shape index (κ1) is 19.3. The molecule has 3 heteroatoms. The van der Waals surface area contributed by atoms with Gasteiger partial charge in [0.05, 0.1) is 17.6 Å². The monoisotopic (exact) mass is 384 g/mol. The Morgan fingerprint density at radius 2 is 1.66 bits per heavy atom. The largest absolute Gasteiger partial charge is 0.494 e. The number of hydrogen-bond acceptors (Lipinski definition) is 2. The molecule has 1 heterocycles. The maximum Gasteiger partial charge on any atom is 0.119 e. The zero-order chi connectivity index (χ0) is 20.1. The summed E-state index contributed by atoms with van der Waals surface area (Å²) in [6.07, 6.45) is 2.84. The highest BCUT2D eigenvalue weighted by Crippen LogP contribution is 2.21. The first-order valence-corrected chi connectivity index (χ1v) is 10.4. The second kappa shape index (κ2) is 8.95. The van der Waals surface area contributed by atoms with Crippen LogP contribution in [0.3, 0.4) is 0 Å². The van der Waals surface area contributed by atoms with Crippen LogP contribution >= 0.6 is 0 Å². The minimum Gasteiger partial charge on any atom is -0.494 e. The summed E-state index contributed by atoms with van der Waals surface area (Å²) in [7, 11) is 0. The lowest BCUT2D eigenvalue weighted by atomic mass is 10.1. The normalized spacial score (nSPS) is 11.1. The topological polar surface area (TPSA) is 27.1 Å². The highest BCUT2D eigenvalue weighted by Gasteiger charge is 2.12. The van der Waals surface area contributed by atoms with Crippen molar-refractivity contribution in [2.75, 3.05) is 6.61 Å². The van der Waals surface area contributed by atoms with Crippen molar-refractivity contribution in [2.45, 2.75) is 39.7 Å². The van der Waals surface area contributed by atoms with E-state index in [1.807, 2.05) is 0 Å². The second-order valence-corrected chi connectivity index (χ2v) is 7.47. The van der Waals surface area contributed by atoms with Crippen molar-refractivity contribution >= 4 is 11.0 Å². The van der Waals surface area contributed by atoms with Crippen LogP contribution in [-0.4, -0.2) is 16.2 Å². The number of imidazole rings is 1. The van der Waals surface area contributed by atoms with Gasteiger partial charge >= 0.3 is 0 Å². The molecule has 1 aromatic heterocycles. The predicted octanol–water partition coefficient (Wildman–Crippen LogP) is 5.97. The molecular formula is C26H28N2O. The average molecular weight is 385 g/mol. The van der Waals surface area contributed by atoms with Crippen molar-refractivity contribution in [1.29, 1.82) is 0 Å². The van der Waals surface area contributed by atoms with Crippen molar-refractivity contribution in [1.82, 2.24) is 9.55 Å². The zero-order valence-corrected chi connectivity index (χ0v) is 17.3. The average Bonchev–Trinajstić information content (AvgIpc) is 3.10. The van der Waals surface area contributed by atoms with E-state index in [0.717, 1.165) is 42.9 Å². The Bertz CT molecular complexity index is 1080. The molecule has 0 N–H and O–H groups in total. The van der Waals surface area contributed by atoms with Crippen LogP contribution in [0.25, 0.3) is 11.0 Å². The van der Waals surface area contributed by atoms with Crippen LogP contribution in [0.15, 0.2) is 72.8 Å². The number of benzene rings is 3. The molecule has 0 amide bonds. The van der Waals surface area contributed by atoms with Gasteiger partial charge < -0.3 is 9.30 Å². The van der Waals surface area contributed by atoms with Crippen LogP contribution in [0, 0.1) is 6.92 Å². The summed E-state index contributed by atoms with van der Waals surface area (Å²) in [5.74, 6) is 2.06. The molecule has 0 saturated heterocycles. The van der Waals surface area contributed by atoms with Crippen molar-refractivity contribution in [2.24, 2.45) is 0 Å². The van der Waals surface area contributed by atoms with E-state index in [0.29, 0.717) is 6.61 Å². The summed E-state index contributed by atoms with van der Waals surface area (Å²) in [4.78, 5) is 4.93. The van der Waals surface area contributed by atoms with E-state index in [-0.39, 0.29) is 0 Å². The number of rotatable bonds is 8. The van der Waals surface area contributed by atoms with Gasteiger partial charge in [-0.05, 0) is 60.7 Å². The fourth-order valence-electron chi connectivity index (χ4n) is 3.72. The SMILES string of the molecule is CCc1ccc(OCCCn2c(Cc3ccccc3C)nc3ccccc32)cc1. The Morgan fingerprint density at radius 3 is 2.45 bits per heavy atom. The van der Waals surface area contributed by atoms with Gasteiger partial charge in [-0.1, -0.05) is 55.5 Å². The number of aromatic nitrogens is 2. The molecule has 3 nitrogen and oxygen atoms in total. The highest BCUT2D eigenvalue weighted by molar-refractivity contribution is 5.76. The fraction of sp³-hybridized carbons (Fsp3) is 0.269. The van der Waals surface area contributed by atoms with Gasteiger partial charge in [0.15, 0.2) is 0 Å². The molecule has 0 unspecified atom stereocenters. The van der Waals surface area contributed by atoms with Crippen molar-refractivity contribution in [3.63, 3.8) is 0 Å². The Morgan fingerprint density at radius 1 is 0.897 bits per heavy atom. The molecule has 0 radical (unpaired) electrons. The molecule has 0 saturated carbocycles. The summed E-state index contributed by atoms with van der Waals surface area (Å²) in [6, 6.07) is 25.4. The molecule has 0 aliphatic heterocycles. The summed E-state index contributed by atoms with van der Waals surface area (Å²) < 4.78 is 8.31. The van der Waals surface area contributed by atoms with Crippen molar-refractivity contribution in [3.05, 3.63) is 95.3 Å². The molecular weight excluding hydrogens is 356 g/mol.